The fourth-order valence-corrected chi connectivity index (χ4v) is 5.72. The van der Waals surface area contributed by atoms with E-state index in [-0.39, 0.29) is 5.91 Å². The van der Waals surface area contributed by atoms with Crippen LogP contribution in [0.3, 0.4) is 0 Å². The van der Waals surface area contributed by atoms with Crippen molar-refractivity contribution in [2.45, 2.75) is 46.2 Å². The number of hydrogen-bond donors (Lipinski definition) is 0. The molecule has 1 fully saturated rings. The SMILES string of the molecule is CCn1c(=NC(=O)C2CCCN2S(C)(=O)=O)sc2c(C)cc(C)cc21. The van der Waals surface area contributed by atoms with Gasteiger partial charge in [-0.1, -0.05) is 17.4 Å². The third-order valence-electron chi connectivity index (χ3n) is 4.55. The second-order valence-corrected chi connectivity index (χ2v) is 9.45. The largest absolute Gasteiger partial charge is 0.317 e. The van der Waals surface area contributed by atoms with Crippen LogP contribution in [0.25, 0.3) is 10.2 Å². The van der Waals surface area contributed by atoms with Crippen LogP contribution in [0.4, 0.5) is 0 Å². The predicted octanol–water partition coefficient (Wildman–Crippen LogP) is 2.19. The van der Waals surface area contributed by atoms with Crippen molar-refractivity contribution in [3.8, 4) is 0 Å². The van der Waals surface area contributed by atoms with Gasteiger partial charge in [0.25, 0.3) is 5.91 Å². The van der Waals surface area contributed by atoms with E-state index in [4.69, 9.17) is 0 Å². The number of aryl methyl sites for hydroxylation is 3. The number of aromatic nitrogens is 1. The summed E-state index contributed by atoms with van der Waals surface area (Å²) in [6.45, 7) is 7.22. The summed E-state index contributed by atoms with van der Waals surface area (Å²) in [4.78, 5) is 17.6. The Morgan fingerprint density at radius 1 is 1.36 bits per heavy atom. The highest BCUT2D eigenvalue weighted by molar-refractivity contribution is 7.88. The number of fused-ring (bicyclic) bond motifs is 1. The lowest BCUT2D eigenvalue weighted by Gasteiger charge is -2.18. The highest BCUT2D eigenvalue weighted by Gasteiger charge is 2.36. The number of hydrogen-bond acceptors (Lipinski definition) is 4. The second kappa shape index (κ2) is 6.66. The van der Waals surface area contributed by atoms with Gasteiger partial charge in [0.1, 0.15) is 6.04 Å². The van der Waals surface area contributed by atoms with Crippen molar-refractivity contribution >= 4 is 37.5 Å². The lowest BCUT2D eigenvalue weighted by atomic mass is 10.1. The van der Waals surface area contributed by atoms with Gasteiger partial charge in [-0.3, -0.25) is 4.79 Å². The molecule has 0 bridgehead atoms. The van der Waals surface area contributed by atoms with E-state index in [1.54, 1.807) is 0 Å². The molecule has 1 saturated heterocycles. The van der Waals surface area contributed by atoms with Crippen molar-refractivity contribution in [3.63, 3.8) is 0 Å². The first-order valence-electron chi connectivity index (χ1n) is 8.38. The lowest BCUT2D eigenvalue weighted by Crippen LogP contribution is -2.39. The second-order valence-electron chi connectivity index (χ2n) is 6.54. The summed E-state index contributed by atoms with van der Waals surface area (Å²) >= 11 is 1.49. The third kappa shape index (κ3) is 3.43. The number of nitrogens with zero attached hydrogens (tertiary/aromatic N) is 3. The molecule has 0 saturated carbocycles. The highest BCUT2D eigenvalue weighted by Crippen LogP contribution is 2.24. The Labute approximate surface area is 151 Å². The molecule has 25 heavy (non-hydrogen) atoms. The maximum Gasteiger partial charge on any atom is 0.266 e. The van der Waals surface area contributed by atoms with Crippen LogP contribution in [-0.2, 0) is 21.4 Å². The summed E-state index contributed by atoms with van der Waals surface area (Å²) in [6, 6.07) is 3.55. The Bertz CT molecular complexity index is 1000. The maximum absolute atomic E-state index is 12.7. The first kappa shape index (κ1) is 18.3. The Morgan fingerprint density at radius 3 is 2.72 bits per heavy atom. The molecule has 0 N–H and O–H groups in total. The maximum atomic E-state index is 12.7. The van der Waals surface area contributed by atoms with E-state index >= 15 is 0 Å². The molecule has 1 aromatic heterocycles. The molecule has 1 aliphatic rings. The zero-order valence-corrected chi connectivity index (χ0v) is 16.6. The van der Waals surface area contributed by atoms with Crippen LogP contribution in [0.1, 0.15) is 30.9 Å². The van der Waals surface area contributed by atoms with Crippen LogP contribution >= 0.6 is 11.3 Å². The van der Waals surface area contributed by atoms with Gasteiger partial charge in [-0.05, 0) is 50.8 Å². The first-order chi connectivity index (χ1) is 11.7. The first-order valence-corrected chi connectivity index (χ1v) is 11.0. The number of carbonyl (C=O) groups excluding carboxylic acids is 1. The standard InChI is InChI=1S/C17H23N3O3S2/c1-5-19-14-10-11(2)9-12(3)15(14)24-17(19)18-16(21)13-7-6-8-20(13)25(4,22)23/h9-10,13H,5-8H2,1-4H3. The van der Waals surface area contributed by atoms with Crippen LogP contribution in [0.2, 0.25) is 0 Å². The van der Waals surface area contributed by atoms with Gasteiger partial charge in [0.05, 0.1) is 16.5 Å². The van der Waals surface area contributed by atoms with E-state index in [0.29, 0.717) is 30.7 Å². The van der Waals surface area contributed by atoms with Crippen LogP contribution in [0, 0.1) is 13.8 Å². The fraction of sp³-hybridized carbons (Fsp3) is 0.529. The number of benzene rings is 1. The van der Waals surface area contributed by atoms with E-state index in [0.717, 1.165) is 22.0 Å². The summed E-state index contributed by atoms with van der Waals surface area (Å²) in [5.41, 5.74) is 3.40. The van der Waals surface area contributed by atoms with E-state index in [2.05, 4.69) is 31.0 Å². The van der Waals surface area contributed by atoms with Gasteiger partial charge in [-0.2, -0.15) is 9.30 Å². The third-order valence-corrected chi connectivity index (χ3v) is 7.07. The zero-order valence-electron chi connectivity index (χ0n) is 14.9. The molecular weight excluding hydrogens is 358 g/mol. The molecular formula is C17H23N3O3S2. The Hall–Kier alpha value is -1.51. The molecule has 0 radical (unpaired) electrons. The molecule has 1 aromatic carbocycles. The van der Waals surface area contributed by atoms with Crippen LogP contribution < -0.4 is 4.80 Å². The van der Waals surface area contributed by atoms with Gasteiger partial charge >= 0.3 is 0 Å². The molecule has 3 rings (SSSR count). The van der Waals surface area contributed by atoms with E-state index in [1.807, 2.05) is 11.5 Å². The molecule has 136 valence electrons. The van der Waals surface area contributed by atoms with Gasteiger partial charge < -0.3 is 4.57 Å². The van der Waals surface area contributed by atoms with Gasteiger partial charge in [0.2, 0.25) is 10.0 Å². The van der Waals surface area contributed by atoms with E-state index in [9.17, 15) is 13.2 Å². The van der Waals surface area contributed by atoms with Gasteiger partial charge in [-0.25, -0.2) is 8.42 Å². The van der Waals surface area contributed by atoms with Gasteiger partial charge in [0, 0.05) is 13.1 Å². The molecule has 1 atom stereocenters. The molecule has 0 spiro atoms. The number of rotatable bonds is 3. The number of amides is 1. The fourth-order valence-electron chi connectivity index (χ4n) is 3.46. The van der Waals surface area contributed by atoms with Crippen LogP contribution in [0.5, 0.6) is 0 Å². The van der Waals surface area contributed by atoms with Crippen molar-refractivity contribution in [2.75, 3.05) is 12.8 Å². The molecule has 6 nitrogen and oxygen atoms in total. The minimum absolute atomic E-state index is 0.369. The summed E-state index contributed by atoms with van der Waals surface area (Å²) in [5.74, 6) is -0.369. The number of sulfonamides is 1. The molecule has 1 amide bonds. The average Bonchev–Trinajstić information content (AvgIpc) is 3.11. The van der Waals surface area contributed by atoms with Crippen molar-refractivity contribution in [1.82, 2.24) is 8.87 Å². The molecule has 2 heterocycles. The van der Waals surface area contributed by atoms with E-state index < -0.39 is 16.1 Å². The highest BCUT2D eigenvalue weighted by atomic mass is 32.2. The molecule has 1 aliphatic heterocycles. The van der Waals surface area contributed by atoms with E-state index in [1.165, 1.54) is 21.2 Å². The Balaban J connectivity index is 2.09. The summed E-state index contributed by atoms with van der Waals surface area (Å²) < 4.78 is 28.2. The minimum Gasteiger partial charge on any atom is -0.317 e. The molecule has 1 unspecified atom stereocenters. The van der Waals surface area contributed by atoms with Gasteiger partial charge in [0.15, 0.2) is 4.80 Å². The van der Waals surface area contributed by atoms with Crippen LogP contribution in [-0.4, -0.2) is 42.0 Å². The van der Waals surface area contributed by atoms with Crippen molar-refractivity contribution in [2.24, 2.45) is 4.99 Å². The summed E-state index contributed by atoms with van der Waals surface area (Å²) in [6.07, 6.45) is 2.37. The Kier molecular flexibility index (Phi) is 4.87. The van der Waals surface area contributed by atoms with Crippen molar-refractivity contribution in [3.05, 3.63) is 28.1 Å². The monoisotopic (exact) mass is 381 g/mol. The molecule has 8 heteroatoms. The average molecular weight is 382 g/mol. The summed E-state index contributed by atoms with van der Waals surface area (Å²) in [5, 5.41) is 0. The summed E-state index contributed by atoms with van der Waals surface area (Å²) in [7, 11) is -3.39. The number of carbonyl (C=O) groups is 1. The smallest absolute Gasteiger partial charge is 0.266 e. The topological polar surface area (TPSA) is 71.7 Å². The van der Waals surface area contributed by atoms with Crippen molar-refractivity contribution < 1.29 is 13.2 Å². The normalized spacial score (nSPS) is 19.8. The van der Waals surface area contributed by atoms with Crippen molar-refractivity contribution in [1.29, 1.82) is 0 Å². The lowest BCUT2D eigenvalue weighted by molar-refractivity contribution is -0.121. The van der Waals surface area contributed by atoms with Crippen LogP contribution in [0.15, 0.2) is 17.1 Å². The minimum atomic E-state index is -3.39. The van der Waals surface area contributed by atoms with Gasteiger partial charge in [-0.15, -0.1) is 0 Å². The predicted molar refractivity (Wildman–Crippen MR) is 100 cm³/mol. The zero-order chi connectivity index (χ0) is 18.4. The molecule has 0 aliphatic carbocycles. The number of thiazole rings is 1. The molecule has 2 aromatic rings. The Morgan fingerprint density at radius 2 is 2.08 bits per heavy atom. The quantitative estimate of drug-likeness (QED) is 0.818.